The van der Waals surface area contributed by atoms with Crippen molar-refractivity contribution in [1.82, 2.24) is 4.90 Å². The molecule has 2 unspecified atom stereocenters. The molecule has 1 heterocycles. The lowest BCUT2D eigenvalue weighted by atomic mass is 9.88. The predicted octanol–water partition coefficient (Wildman–Crippen LogP) is 1.82. The maximum Gasteiger partial charge on any atom is 0.308 e. The van der Waals surface area contributed by atoms with Gasteiger partial charge in [0.25, 0.3) is 0 Å². The van der Waals surface area contributed by atoms with E-state index in [9.17, 15) is 9.90 Å². The lowest BCUT2D eigenvalue weighted by molar-refractivity contribution is -0.141. The highest BCUT2D eigenvalue weighted by atomic mass is 16.5. The van der Waals surface area contributed by atoms with Gasteiger partial charge < -0.3 is 14.7 Å². The maximum atomic E-state index is 11.4. The highest BCUT2D eigenvalue weighted by Crippen LogP contribution is 2.37. The van der Waals surface area contributed by atoms with Crippen molar-refractivity contribution in [3.05, 3.63) is 29.8 Å². The van der Waals surface area contributed by atoms with Crippen molar-refractivity contribution in [1.29, 1.82) is 0 Å². The molecular weight excluding hydrogens is 230 g/mol. The lowest BCUT2D eigenvalue weighted by Crippen LogP contribution is -2.23. The number of carboxylic acids is 1. The molecule has 2 atom stereocenters. The van der Waals surface area contributed by atoms with Gasteiger partial charge in [-0.25, -0.2) is 0 Å². The summed E-state index contributed by atoms with van der Waals surface area (Å²) in [5.74, 6) is -0.270. The zero-order chi connectivity index (χ0) is 13.1. The molecule has 1 aliphatic rings. The zero-order valence-electron chi connectivity index (χ0n) is 10.8. The third kappa shape index (κ3) is 2.34. The Balaban J connectivity index is 2.32. The topological polar surface area (TPSA) is 49.8 Å². The second kappa shape index (κ2) is 5.40. The molecule has 4 heteroatoms. The van der Waals surface area contributed by atoms with Crippen LogP contribution in [0.2, 0.25) is 0 Å². The number of carboxylic acid groups (broad SMARTS) is 1. The molecule has 0 saturated carbocycles. The van der Waals surface area contributed by atoms with Gasteiger partial charge in [-0.2, -0.15) is 0 Å². The summed E-state index contributed by atoms with van der Waals surface area (Å²) in [5, 5.41) is 9.35. The average Bonchev–Trinajstić information content (AvgIpc) is 2.83. The summed E-state index contributed by atoms with van der Waals surface area (Å²) in [6, 6.07) is 7.71. The zero-order valence-corrected chi connectivity index (χ0v) is 10.8. The summed E-state index contributed by atoms with van der Waals surface area (Å²) in [5.41, 5.74) is 1.00. The normalized spacial score (nSPS) is 24.1. The van der Waals surface area contributed by atoms with Crippen molar-refractivity contribution in [2.24, 2.45) is 5.92 Å². The molecule has 1 N–H and O–H groups in total. The van der Waals surface area contributed by atoms with Gasteiger partial charge in [-0.05, 0) is 18.2 Å². The van der Waals surface area contributed by atoms with Crippen LogP contribution in [0.3, 0.4) is 0 Å². The first-order valence-corrected chi connectivity index (χ1v) is 6.25. The molecule has 1 aromatic rings. The van der Waals surface area contributed by atoms with Gasteiger partial charge in [-0.1, -0.05) is 25.1 Å². The standard InChI is InChI=1S/C14H19NO3/c1-3-15-8-11(12(9-15)14(16)17)10-6-4-5-7-13(10)18-2/h4-7,11-12H,3,8-9H2,1-2H3,(H,16,17). The number of likely N-dealkylation sites (N-methyl/N-ethyl adjacent to an activating group) is 1. The molecule has 0 aliphatic carbocycles. The predicted molar refractivity (Wildman–Crippen MR) is 69.0 cm³/mol. The Morgan fingerprint density at radius 3 is 2.78 bits per heavy atom. The number of ether oxygens (including phenoxy) is 1. The molecule has 1 aromatic carbocycles. The van der Waals surface area contributed by atoms with E-state index in [2.05, 4.69) is 11.8 Å². The quantitative estimate of drug-likeness (QED) is 0.884. The molecule has 1 saturated heterocycles. The van der Waals surface area contributed by atoms with E-state index in [0.29, 0.717) is 6.54 Å². The smallest absolute Gasteiger partial charge is 0.308 e. The van der Waals surface area contributed by atoms with Crippen LogP contribution in [-0.2, 0) is 4.79 Å². The summed E-state index contributed by atoms with van der Waals surface area (Å²) in [7, 11) is 1.63. The number of rotatable bonds is 4. The maximum absolute atomic E-state index is 11.4. The van der Waals surface area contributed by atoms with E-state index < -0.39 is 5.97 Å². The summed E-state index contributed by atoms with van der Waals surface area (Å²) in [6.07, 6.45) is 0. The lowest BCUT2D eigenvalue weighted by Gasteiger charge is -2.18. The number of para-hydroxylation sites is 1. The van der Waals surface area contributed by atoms with Crippen LogP contribution in [-0.4, -0.2) is 42.7 Å². The Bertz CT molecular complexity index is 433. The summed E-state index contributed by atoms with van der Waals surface area (Å²) in [6.45, 7) is 4.35. The fourth-order valence-electron chi connectivity index (χ4n) is 2.68. The Kier molecular flexibility index (Phi) is 3.87. The fourth-order valence-corrected chi connectivity index (χ4v) is 2.68. The summed E-state index contributed by atoms with van der Waals surface area (Å²) < 4.78 is 5.34. The van der Waals surface area contributed by atoms with Crippen LogP contribution >= 0.6 is 0 Å². The van der Waals surface area contributed by atoms with Gasteiger partial charge in [0, 0.05) is 19.0 Å². The molecule has 2 rings (SSSR count). The Morgan fingerprint density at radius 2 is 2.17 bits per heavy atom. The molecule has 18 heavy (non-hydrogen) atoms. The number of likely N-dealkylation sites (tertiary alicyclic amines) is 1. The van der Waals surface area contributed by atoms with E-state index in [1.165, 1.54) is 0 Å². The number of carbonyl (C=O) groups is 1. The molecule has 0 bridgehead atoms. The van der Waals surface area contributed by atoms with Crippen LogP contribution in [0, 0.1) is 5.92 Å². The van der Waals surface area contributed by atoms with E-state index >= 15 is 0 Å². The van der Waals surface area contributed by atoms with Crippen molar-refractivity contribution < 1.29 is 14.6 Å². The van der Waals surface area contributed by atoms with Crippen LogP contribution in [0.1, 0.15) is 18.4 Å². The number of methoxy groups -OCH3 is 1. The Morgan fingerprint density at radius 1 is 1.44 bits per heavy atom. The van der Waals surface area contributed by atoms with Crippen molar-refractivity contribution in [2.75, 3.05) is 26.7 Å². The minimum absolute atomic E-state index is 0.0126. The monoisotopic (exact) mass is 249 g/mol. The molecule has 4 nitrogen and oxygen atoms in total. The first kappa shape index (κ1) is 12.9. The third-order valence-corrected chi connectivity index (χ3v) is 3.70. The molecule has 1 fully saturated rings. The van der Waals surface area contributed by atoms with E-state index in [1.54, 1.807) is 7.11 Å². The van der Waals surface area contributed by atoms with Gasteiger partial charge in [0.2, 0.25) is 0 Å². The van der Waals surface area contributed by atoms with Gasteiger partial charge in [0.15, 0.2) is 0 Å². The fraction of sp³-hybridized carbons (Fsp3) is 0.500. The van der Waals surface area contributed by atoms with Gasteiger partial charge >= 0.3 is 5.97 Å². The summed E-state index contributed by atoms with van der Waals surface area (Å²) in [4.78, 5) is 13.6. The van der Waals surface area contributed by atoms with E-state index in [4.69, 9.17) is 4.74 Å². The van der Waals surface area contributed by atoms with Gasteiger partial charge in [0.05, 0.1) is 13.0 Å². The average molecular weight is 249 g/mol. The molecule has 0 amide bonds. The highest BCUT2D eigenvalue weighted by molar-refractivity contribution is 5.72. The van der Waals surface area contributed by atoms with Crippen LogP contribution in [0.15, 0.2) is 24.3 Å². The Hall–Kier alpha value is -1.55. The number of hydrogen-bond donors (Lipinski definition) is 1. The number of benzene rings is 1. The molecule has 1 aliphatic heterocycles. The number of hydrogen-bond acceptors (Lipinski definition) is 3. The first-order chi connectivity index (χ1) is 8.67. The van der Waals surface area contributed by atoms with Crippen LogP contribution < -0.4 is 4.74 Å². The number of nitrogens with zero attached hydrogens (tertiary/aromatic N) is 1. The van der Waals surface area contributed by atoms with Crippen molar-refractivity contribution in [2.45, 2.75) is 12.8 Å². The van der Waals surface area contributed by atoms with Gasteiger partial charge in [-0.3, -0.25) is 4.79 Å². The molecule has 0 aromatic heterocycles. The highest BCUT2D eigenvalue weighted by Gasteiger charge is 2.38. The second-order valence-corrected chi connectivity index (χ2v) is 4.65. The number of aliphatic carboxylic acids is 1. The van der Waals surface area contributed by atoms with E-state index in [-0.39, 0.29) is 11.8 Å². The second-order valence-electron chi connectivity index (χ2n) is 4.65. The van der Waals surface area contributed by atoms with E-state index in [1.807, 2.05) is 24.3 Å². The third-order valence-electron chi connectivity index (χ3n) is 3.70. The van der Waals surface area contributed by atoms with Crippen LogP contribution in [0.5, 0.6) is 5.75 Å². The summed E-state index contributed by atoms with van der Waals surface area (Å²) >= 11 is 0. The largest absolute Gasteiger partial charge is 0.496 e. The molecular formula is C14H19NO3. The molecule has 0 spiro atoms. The van der Waals surface area contributed by atoms with E-state index in [0.717, 1.165) is 24.4 Å². The first-order valence-electron chi connectivity index (χ1n) is 6.25. The van der Waals surface area contributed by atoms with Crippen molar-refractivity contribution in [3.63, 3.8) is 0 Å². The van der Waals surface area contributed by atoms with Crippen molar-refractivity contribution in [3.8, 4) is 5.75 Å². The minimum atomic E-state index is -0.721. The Labute approximate surface area is 107 Å². The van der Waals surface area contributed by atoms with Crippen LogP contribution in [0.4, 0.5) is 0 Å². The van der Waals surface area contributed by atoms with Gasteiger partial charge in [0.1, 0.15) is 5.75 Å². The molecule has 98 valence electrons. The van der Waals surface area contributed by atoms with Gasteiger partial charge in [-0.15, -0.1) is 0 Å². The van der Waals surface area contributed by atoms with Crippen LogP contribution in [0.25, 0.3) is 0 Å². The van der Waals surface area contributed by atoms with Crippen molar-refractivity contribution >= 4 is 5.97 Å². The molecule has 0 radical (unpaired) electrons. The minimum Gasteiger partial charge on any atom is -0.496 e. The SMILES string of the molecule is CCN1CC(C(=O)O)C(c2ccccc2OC)C1.